The fourth-order valence-electron chi connectivity index (χ4n) is 3.31. The molecule has 1 saturated heterocycles. The highest BCUT2D eigenvalue weighted by Crippen LogP contribution is 2.38. The lowest BCUT2D eigenvalue weighted by molar-refractivity contribution is -0.130. The van der Waals surface area contributed by atoms with Crippen molar-refractivity contribution in [3.8, 4) is 11.5 Å². The first kappa shape index (κ1) is 17.9. The second-order valence-electron chi connectivity index (χ2n) is 6.56. The van der Waals surface area contributed by atoms with Gasteiger partial charge in [0, 0.05) is 45.0 Å². The summed E-state index contributed by atoms with van der Waals surface area (Å²) in [6.07, 6.45) is 6.19. The van der Waals surface area contributed by atoms with Gasteiger partial charge >= 0.3 is 0 Å². The van der Waals surface area contributed by atoms with Gasteiger partial charge in [-0.05, 0) is 17.7 Å². The molecule has 3 heterocycles. The van der Waals surface area contributed by atoms with Crippen LogP contribution in [0.2, 0.25) is 5.02 Å². The molecular formula is C19H21ClN4O3. The van der Waals surface area contributed by atoms with Crippen molar-refractivity contribution in [1.29, 1.82) is 0 Å². The minimum Gasteiger partial charge on any atom is -0.489 e. The van der Waals surface area contributed by atoms with Crippen LogP contribution >= 0.6 is 11.6 Å². The first-order valence-electron chi connectivity index (χ1n) is 9.07. The van der Waals surface area contributed by atoms with Gasteiger partial charge in [-0.25, -0.2) is 4.98 Å². The minimum atomic E-state index is 0.0827. The molecule has 0 N–H and O–H groups in total. The van der Waals surface area contributed by atoms with Crippen LogP contribution in [0.1, 0.15) is 12.0 Å². The van der Waals surface area contributed by atoms with Crippen LogP contribution in [0.25, 0.3) is 0 Å². The Morgan fingerprint density at radius 2 is 1.93 bits per heavy atom. The van der Waals surface area contributed by atoms with E-state index in [-0.39, 0.29) is 5.91 Å². The Kier molecular flexibility index (Phi) is 5.29. The lowest BCUT2D eigenvalue weighted by atomic mass is 10.1. The molecule has 1 aromatic heterocycles. The molecule has 0 saturated carbocycles. The number of fused-ring (bicyclic) bond motifs is 1. The Morgan fingerprint density at radius 3 is 2.70 bits per heavy atom. The number of benzene rings is 1. The number of rotatable bonds is 3. The van der Waals surface area contributed by atoms with Gasteiger partial charge in [0.15, 0.2) is 11.5 Å². The SMILES string of the molecule is O=C(Cc1cc(Cl)c2c(c1)OCCCO2)N1CCN(c2cnccn2)CC1. The third-order valence-corrected chi connectivity index (χ3v) is 5.00. The van der Waals surface area contributed by atoms with Crippen molar-refractivity contribution in [3.63, 3.8) is 0 Å². The summed E-state index contributed by atoms with van der Waals surface area (Å²) in [6, 6.07) is 3.66. The Hall–Kier alpha value is -2.54. The van der Waals surface area contributed by atoms with Crippen molar-refractivity contribution >= 4 is 23.3 Å². The number of hydrogen-bond acceptors (Lipinski definition) is 6. The average molecular weight is 389 g/mol. The summed E-state index contributed by atoms with van der Waals surface area (Å²) in [5.74, 6) is 2.12. The highest BCUT2D eigenvalue weighted by molar-refractivity contribution is 6.32. The standard InChI is InChI=1S/C19H21ClN4O3/c20-15-10-14(11-16-19(15)27-9-1-8-26-16)12-18(25)24-6-4-23(5-7-24)17-13-21-2-3-22-17/h2-3,10-11,13H,1,4-9,12H2. The molecule has 0 radical (unpaired) electrons. The molecular weight excluding hydrogens is 368 g/mol. The van der Waals surface area contributed by atoms with Crippen molar-refractivity contribution < 1.29 is 14.3 Å². The first-order valence-corrected chi connectivity index (χ1v) is 9.45. The zero-order valence-electron chi connectivity index (χ0n) is 14.9. The largest absolute Gasteiger partial charge is 0.489 e. The molecule has 1 amide bonds. The number of piperazine rings is 1. The predicted octanol–water partition coefficient (Wildman–Crippen LogP) is 2.18. The molecule has 2 aliphatic heterocycles. The van der Waals surface area contributed by atoms with Gasteiger partial charge in [-0.1, -0.05) is 11.6 Å². The molecule has 27 heavy (non-hydrogen) atoms. The zero-order chi connectivity index (χ0) is 18.6. The summed E-state index contributed by atoms with van der Waals surface area (Å²) in [5.41, 5.74) is 0.839. The molecule has 0 unspecified atom stereocenters. The van der Waals surface area contributed by atoms with Gasteiger partial charge in [-0.2, -0.15) is 0 Å². The number of anilines is 1. The molecule has 142 valence electrons. The molecule has 0 bridgehead atoms. The van der Waals surface area contributed by atoms with Crippen LogP contribution in [0.5, 0.6) is 11.5 Å². The number of halogens is 1. The maximum atomic E-state index is 12.7. The molecule has 0 spiro atoms. The zero-order valence-corrected chi connectivity index (χ0v) is 15.7. The molecule has 0 atom stereocenters. The third kappa shape index (κ3) is 4.08. The summed E-state index contributed by atoms with van der Waals surface area (Å²) in [7, 11) is 0. The third-order valence-electron chi connectivity index (χ3n) is 4.72. The summed E-state index contributed by atoms with van der Waals surface area (Å²) in [5, 5.41) is 0.490. The van der Waals surface area contributed by atoms with Gasteiger partial charge in [0.1, 0.15) is 5.82 Å². The fraction of sp³-hybridized carbons (Fsp3) is 0.421. The average Bonchev–Trinajstić information content (AvgIpc) is 2.95. The van der Waals surface area contributed by atoms with Crippen LogP contribution < -0.4 is 14.4 Å². The second kappa shape index (κ2) is 8.00. The Morgan fingerprint density at radius 1 is 1.11 bits per heavy atom. The number of amides is 1. The van der Waals surface area contributed by atoms with E-state index < -0.39 is 0 Å². The van der Waals surface area contributed by atoms with Gasteiger partial charge < -0.3 is 19.3 Å². The fourth-order valence-corrected chi connectivity index (χ4v) is 3.60. The number of ether oxygens (including phenoxy) is 2. The van der Waals surface area contributed by atoms with Crippen LogP contribution in [-0.2, 0) is 11.2 Å². The Labute approximate surface area is 162 Å². The smallest absolute Gasteiger partial charge is 0.227 e. The molecule has 7 nitrogen and oxygen atoms in total. The van der Waals surface area contributed by atoms with E-state index in [0.29, 0.717) is 49.2 Å². The number of aromatic nitrogens is 2. The lowest BCUT2D eigenvalue weighted by Gasteiger charge is -2.35. The maximum absolute atomic E-state index is 12.7. The van der Waals surface area contributed by atoms with Gasteiger partial charge in [-0.3, -0.25) is 9.78 Å². The summed E-state index contributed by atoms with van der Waals surface area (Å²) in [6.45, 7) is 3.98. The number of nitrogens with zero attached hydrogens (tertiary/aromatic N) is 4. The van der Waals surface area contributed by atoms with Crippen LogP contribution in [0.3, 0.4) is 0 Å². The molecule has 2 aromatic rings. The highest BCUT2D eigenvalue weighted by Gasteiger charge is 2.23. The second-order valence-corrected chi connectivity index (χ2v) is 6.97. The Bertz CT molecular complexity index is 810. The maximum Gasteiger partial charge on any atom is 0.227 e. The van der Waals surface area contributed by atoms with E-state index in [1.54, 1.807) is 24.7 Å². The van der Waals surface area contributed by atoms with Crippen molar-refractivity contribution in [2.45, 2.75) is 12.8 Å². The normalized spacial score (nSPS) is 16.8. The monoisotopic (exact) mass is 388 g/mol. The molecule has 4 rings (SSSR count). The van der Waals surface area contributed by atoms with Gasteiger partial charge in [0.05, 0.1) is 30.9 Å². The first-order chi connectivity index (χ1) is 13.2. The number of carbonyl (C=O) groups is 1. The van der Waals surface area contributed by atoms with Crippen molar-refractivity contribution in [3.05, 3.63) is 41.3 Å². The van der Waals surface area contributed by atoms with E-state index in [4.69, 9.17) is 21.1 Å². The van der Waals surface area contributed by atoms with E-state index in [1.807, 2.05) is 11.0 Å². The van der Waals surface area contributed by atoms with E-state index in [2.05, 4.69) is 14.9 Å². The molecule has 0 aliphatic carbocycles. The van der Waals surface area contributed by atoms with Crippen molar-refractivity contribution in [1.82, 2.24) is 14.9 Å². The van der Waals surface area contributed by atoms with Crippen molar-refractivity contribution in [2.75, 3.05) is 44.3 Å². The van der Waals surface area contributed by atoms with E-state index >= 15 is 0 Å². The molecule has 1 fully saturated rings. The highest BCUT2D eigenvalue weighted by atomic mass is 35.5. The quantitative estimate of drug-likeness (QED) is 0.802. The lowest BCUT2D eigenvalue weighted by Crippen LogP contribution is -2.49. The van der Waals surface area contributed by atoms with E-state index in [0.717, 1.165) is 30.9 Å². The predicted molar refractivity (Wildman–Crippen MR) is 102 cm³/mol. The Balaban J connectivity index is 1.39. The summed E-state index contributed by atoms with van der Waals surface area (Å²) in [4.78, 5) is 25.2. The van der Waals surface area contributed by atoms with Gasteiger partial charge in [0.2, 0.25) is 5.91 Å². The number of carbonyl (C=O) groups excluding carboxylic acids is 1. The van der Waals surface area contributed by atoms with Gasteiger partial charge in [-0.15, -0.1) is 0 Å². The number of hydrogen-bond donors (Lipinski definition) is 0. The van der Waals surface area contributed by atoms with Crippen LogP contribution in [0.4, 0.5) is 5.82 Å². The summed E-state index contributed by atoms with van der Waals surface area (Å²) < 4.78 is 11.3. The van der Waals surface area contributed by atoms with E-state index in [9.17, 15) is 4.79 Å². The van der Waals surface area contributed by atoms with Crippen LogP contribution in [-0.4, -0.2) is 60.2 Å². The minimum absolute atomic E-state index is 0.0827. The van der Waals surface area contributed by atoms with Crippen LogP contribution in [0, 0.1) is 0 Å². The molecule has 1 aromatic carbocycles. The van der Waals surface area contributed by atoms with Crippen molar-refractivity contribution in [2.24, 2.45) is 0 Å². The molecule has 2 aliphatic rings. The van der Waals surface area contributed by atoms with Gasteiger partial charge in [0.25, 0.3) is 0 Å². The molecule has 8 heteroatoms. The topological polar surface area (TPSA) is 67.8 Å². The van der Waals surface area contributed by atoms with E-state index in [1.165, 1.54) is 0 Å². The van der Waals surface area contributed by atoms with Crippen LogP contribution in [0.15, 0.2) is 30.7 Å². The summed E-state index contributed by atoms with van der Waals surface area (Å²) >= 11 is 6.33.